The highest BCUT2D eigenvalue weighted by Crippen LogP contribution is 2.19. The lowest BCUT2D eigenvalue weighted by Gasteiger charge is -2.07. The summed E-state index contributed by atoms with van der Waals surface area (Å²) in [6, 6.07) is 7.42. The monoisotopic (exact) mass is 279 g/mol. The Hall–Kier alpha value is -1.75. The number of carbonyl (C=O) groups excluding carboxylic acids is 2. The number of ketones is 1. The van der Waals surface area contributed by atoms with Gasteiger partial charge in [-0.2, -0.15) is 0 Å². The zero-order chi connectivity index (χ0) is 14.3. The molecule has 0 atom stereocenters. The molecule has 0 aliphatic heterocycles. The third kappa shape index (κ3) is 4.79. The van der Waals surface area contributed by atoms with Crippen molar-refractivity contribution in [3.8, 4) is 0 Å². The summed E-state index contributed by atoms with van der Waals surface area (Å²) in [5.74, 6) is -0.786. The fourth-order valence-electron chi connectivity index (χ4n) is 1.36. The first-order valence-corrected chi connectivity index (χ1v) is 7.09. The van der Waals surface area contributed by atoms with Crippen LogP contribution in [-0.4, -0.2) is 24.6 Å². The molecule has 0 saturated heterocycles. The second-order valence-corrected chi connectivity index (χ2v) is 4.61. The summed E-state index contributed by atoms with van der Waals surface area (Å²) in [6.07, 6.45) is 3.16. The van der Waals surface area contributed by atoms with Gasteiger partial charge >= 0.3 is 0 Å². The van der Waals surface area contributed by atoms with Crippen LogP contribution in [0.5, 0.6) is 0 Å². The number of Topliss-reactive ketones (excluding diaryl/α,β-unsaturated/α-hetero) is 1. The number of carbonyl (C=O) groups is 2. The van der Waals surface area contributed by atoms with Crippen LogP contribution in [0.15, 0.2) is 41.0 Å². The fraction of sp³-hybridized carbons (Fsp3) is 0.286. The Morgan fingerprint density at radius 3 is 2.74 bits per heavy atom. The Bertz CT molecular complexity index is 497. The van der Waals surface area contributed by atoms with Crippen molar-refractivity contribution in [2.75, 3.05) is 18.2 Å². The fourth-order valence-corrected chi connectivity index (χ4v) is 1.82. The standard InChI is InChI=1S/C14H17NO3S/c1-4-18-9-13(10(2)16)14(17)15-11-6-5-7-12(8-11)19-3/h5-9H,4H2,1-3H3,(H,15,17). The van der Waals surface area contributed by atoms with Crippen LogP contribution < -0.4 is 5.32 Å². The van der Waals surface area contributed by atoms with Gasteiger partial charge < -0.3 is 10.1 Å². The van der Waals surface area contributed by atoms with Crippen LogP contribution in [0.4, 0.5) is 5.69 Å². The molecule has 1 aromatic rings. The summed E-state index contributed by atoms with van der Waals surface area (Å²) in [7, 11) is 0. The zero-order valence-electron chi connectivity index (χ0n) is 11.2. The van der Waals surface area contributed by atoms with Gasteiger partial charge in [-0.15, -0.1) is 11.8 Å². The Labute approximate surface area is 117 Å². The average Bonchev–Trinajstić information content (AvgIpc) is 2.39. The third-order valence-corrected chi connectivity index (χ3v) is 3.04. The van der Waals surface area contributed by atoms with E-state index in [-0.39, 0.29) is 11.4 Å². The minimum absolute atomic E-state index is 0.0106. The van der Waals surface area contributed by atoms with Crippen molar-refractivity contribution in [2.24, 2.45) is 0 Å². The van der Waals surface area contributed by atoms with Crippen LogP contribution in [0, 0.1) is 0 Å². The van der Waals surface area contributed by atoms with Crippen LogP contribution in [-0.2, 0) is 14.3 Å². The maximum Gasteiger partial charge on any atom is 0.262 e. The molecular weight excluding hydrogens is 262 g/mol. The molecule has 0 saturated carbocycles. The Morgan fingerprint density at radius 1 is 1.42 bits per heavy atom. The highest BCUT2D eigenvalue weighted by molar-refractivity contribution is 7.98. The lowest BCUT2D eigenvalue weighted by Crippen LogP contribution is -2.19. The summed E-state index contributed by atoms with van der Waals surface area (Å²) in [5.41, 5.74) is 0.664. The predicted molar refractivity (Wildman–Crippen MR) is 77.2 cm³/mol. The molecule has 0 bridgehead atoms. The van der Waals surface area contributed by atoms with E-state index >= 15 is 0 Å². The van der Waals surface area contributed by atoms with E-state index in [0.29, 0.717) is 12.3 Å². The maximum absolute atomic E-state index is 12.0. The van der Waals surface area contributed by atoms with Crippen LogP contribution >= 0.6 is 11.8 Å². The molecule has 0 radical (unpaired) electrons. The molecule has 0 aromatic heterocycles. The van der Waals surface area contributed by atoms with E-state index in [1.54, 1.807) is 24.8 Å². The van der Waals surface area contributed by atoms with E-state index < -0.39 is 5.91 Å². The number of benzene rings is 1. The van der Waals surface area contributed by atoms with Gasteiger partial charge in [0.25, 0.3) is 5.91 Å². The molecule has 0 fully saturated rings. The van der Waals surface area contributed by atoms with E-state index in [4.69, 9.17) is 4.74 Å². The van der Waals surface area contributed by atoms with Crippen molar-refractivity contribution in [3.05, 3.63) is 36.1 Å². The first kappa shape index (κ1) is 15.3. The predicted octanol–water partition coefficient (Wildman–Crippen LogP) is 2.86. The normalized spacial score (nSPS) is 11.0. The highest BCUT2D eigenvalue weighted by Gasteiger charge is 2.15. The van der Waals surface area contributed by atoms with Gasteiger partial charge in [-0.25, -0.2) is 0 Å². The highest BCUT2D eigenvalue weighted by atomic mass is 32.2. The molecular formula is C14H17NO3S. The van der Waals surface area contributed by atoms with Crippen LogP contribution in [0.1, 0.15) is 13.8 Å². The van der Waals surface area contributed by atoms with Crippen molar-refractivity contribution in [1.29, 1.82) is 0 Å². The quantitative estimate of drug-likeness (QED) is 0.286. The summed E-state index contributed by atoms with van der Waals surface area (Å²) in [5, 5.41) is 2.69. The number of anilines is 1. The lowest BCUT2D eigenvalue weighted by molar-refractivity contribution is -0.119. The molecule has 0 heterocycles. The van der Waals surface area contributed by atoms with Gasteiger partial charge in [0.1, 0.15) is 5.57 Å². The van der Waals surface area contributed by atoms with Gasteiger partial charge in [0, 0.05) is 10.6 Å². The molecule has 1 rings (SSSR count). The Balaban J connectivity index is 2.84. The summed E-state index contributed by atoms with van der Waals surface area (Å²) in [6.45, 7) is 3.53. The molecule has 19 heavy (non-hydrogen) atoms. The van der Waals surface area contributed by atoms with Gasteiger partial charge in [-0.1, -0.05) is 6.07 Å². The molecule has 0 aliphatic carbocycles. The van der Waals surface area contributed by atoms with E-state index in [2.05, 4.69) is 5.32 Å². The van der Waals surface area contributed by atoms with E-state index in [9.17, 15) is 9.59 Å². The molecule has 1 aromatic carbocycles. The van der Waals surface area contributed by atoms with Gasteiger partial charge in [0.2, 0.25) is 0 Å². The van der Waals surface area contributed by atoms with Crippen molar-refractivity contribution in [1.82, 2.24) is 0 Å². The molecule has 1 N–H and O–H groups in total. The molecule has 0 spiro atoms. The summed E-state index contributed by atoms with van der Waals surface area (Å²) < 4.78 is 5.01. The number of nitrogens with one attached hydrogen (secondary N) is 1. The SMILES string of the molecule is CCOC=C(C(C)=O)C(=O)Nc1cccc(SC)c1. The van der Waals surface area contributed by atoms with Gasteiger partial charge in [-0.3, -0.25) is 9.59 Å². The van der Waals surface area contributed by atoms with E-state index in [1.807, 2.05) is 24.5 Å². The number of amides is 1. The first-order valence-electron chi connectivity index (χ1n) is 5.86. The third-order valence-electron chi connectivity index (χ3n) is 2.32. The second kappa shape index (κ2) is 7.63. The average molecular weight is 279 g/mol. The lowest BCUT2D eigenvalue weighted by atomic mass is 10.2. The van der Waals surface area contributed by atoms with Crippen molar-refractivity contribution < 1.29 is 14.3 Å². The Kier molecular flexibility index (Phi) is 6.15. The van der Waals surface area contributed by atoms with E-state index in [0.717, 1.165) is 4.90 Å². The molecule has 0 aliphatic rings. The molecule has 1 amide bonds. The van der Waals surface area contributed by atoms with Crippen molar-refractivity contribution >= 4 is 29.1 Å². The zero-order valence-corrected chi connectivity index (χ0v) is 12.0. The minimum atomic E-state index is -0.459. The van der Waals surface area contributed by atoms with Gasteiger partial charge in [0.05, 0.1) is 12.9 Å². The summed E-state index contributed by atoms with van der Waals surface area (Å²) >= 11 is 1.58. The number of hydrogen-bond acceptors (Lipinski definition) is 4. The van der Waals surface area contributed by atoms with Crippen LogP contribution in [0.2, 0.25) is 0 Å². The van der Waals surface area contributed by atoms with Crippen molar-refractivity contribution in [3.63, 3.8) is 0 Å². The number of rotatable bonds is 6. The molecule has 0 unspecified atom stereocenters. The Morgan fingerprint density at radius 2 is 2.16 bits per heavy atom. The number of thioether (sulfide) groups is 1. The smallest absolute Gasteiger partial charge is 0.262 e. The van der Waals surface area contributed by atoms with Crippen LogP contribution in [0.25, 0.3) is 0 Å². The first-order chi connectivity index (χ1) is 9.08. The maximum atomic E-state index is 12.0. The number of hydrogen-bond donors (Lipinski definition) is 1. The molecule has 5 heteroatoms. The minimum Gasteiger partial charge on any atom is -0.501 e. The van der Waals surface area contributed by atoms with Gasteiger partial charge in [0.15, 0.2) is 5.78 Å². The van der Waals surface area contributed by atoms with Crippen LogP contribution in [0.3, 0.4) is 0 Å². The topological polar surface area (TPSA) is 55.4 Å². The number of ether oxygens (including phenoxy) is 1. The van der Waals surface area contributed by atoms with Crippen molar-refractivity contribution in [2.45, 2.75) is 18.7 Å². The molecule has 102 valence electrons. The molecule has 4 nitrogen and oxygen atoms in total. The van der Waals surface area contributed by atoms with E-state index in [1.165, 1.54) is 13.2 Å². The summed E-state index contributed by atoms with van der Waals surface area (Å²) in [4.78, 5) is 24.4. The second-order valence-electron chi connectivity index (χ2n) is 3.73. The largest absolute Gasteiger partial charge is 0.501 e. The van der Waals surface area contributed by atoms with Gasteiger partial charge in [-0.05, 0) is 38.3 Å².